The minimum Gasteiger partial charge on any atom is -0.486 e. The fourth-order valence-electron chi connectivity index (χ4n) is 3.64. The Morgan fingerprint density at radius 2 is 2.03 bits per heavy atom. The van der Waals surface area contributed by atoms with Gasteiger partial charge < -0.3 is 24.6 Å². The van der Waals surface area contributed by atoms with Gasteiger partial charge in [-0.1, -0.05) is 12.1 Å². The molecule has 2 N–H and O–H groups in total. The molecule has 0 bridgehead atoms. The lowest BCUT2D eigenvalue weighted by Gasteiger charge is -2.24. The van der Waals surface area contributed by atoms with Gasteiger partial charge in [-0.15, -0.1) is 0 Å². The molecule has 1 aromatic carbocycles. The van der Waals surface area contributed by atoms with Crippen LogP contribution in [0.4, 0.5) is 5.82 Å². The minimum atomic E-state index is -0.760. The van der Waals surface area contributed by atoms with Crippen LogP contribution in [-0.4, -0.2) is 49.9 Å². The molecule has 3 aromatic rings. The molecule has 1 aliphatic heterocycles. The monoisotopic (exact) mass is 408 g/mol. The molecule has 3 heterocycles. The highest BCUT2D eigenvalue weighted by Gasteiger charge is 2.36. The van der Waals surface area contributed by atoms with Gasteiger partial charge in [-0.3, -0.25) is 0 Å². The van der Waals surface area contributed by atoms with Crippen LogP contribution < -0.4 is 15.0 Å². The van der Waals surface area contributed by atoms with Crippen molar-refractivity contribution in [3.8, 4) is 5.75 Å². The number of imidazole rings is 1. The van der Waals surface area contributed by atoms with E-state index >= 15 is 0 Å². The highest BCUT2D eigenvalue weighted by atomic mass is 16.5. The summed E-state index contributed by atoms with van der Waals surface area (Å²) in [5.74, 6) is 2.57. The van der Waals surface area contributed by atoms with E-state index in [2.05, 4.69) is 25.2 Å². The number of nitrogens with zero attached hydrogens (tertiary/aromatic N) is 5. The average Bonchev–Trinajstić information content (AvgIpc) is 3.33. The summed E-state index contributed by atoms with van der Waals surface area (Å²) >= 11 is 0. The molecule has 0 amide bonds. The van der Waals surface area contributed by atoms with Crippen LogP contribution in [0.1, 0.15) is 23.5 Å². The predicted molar refractivity (Wildman–Crippen MR) is 114 cm³/mol. The summed E-state index contributed by atoms with van der Waals surface area (Å²) in [5, 5.41) is 14.3. The molecule has 1 saturated heterocycles. The molecule has 2 aromatic heterocycles. The summed E-state index contributed by atoms with van der Waals surface area (Å²) in [7, 11) is 1.95. The number of hydrogen-bond acceptors (Lipinski definition) is 7. The number of benzene rings is 1. The van der Waals surface area contributed by atoms with Gasteiger partial charge in [-0.25, -0.2) is 15.0 Å². The Bertz CT molecular complexity index is 974. The third kappa shape index (κ3) is 4.95. The number of hydrogen-bond donors (Lipinski definition) is 2. The van der Waals surface area contributed by atoms with Gasteiger partial charge in [0, 0.05) is 57.4 Å². The van der Waals surface area contributed by atoms with Crippen LogP contribution in [0.2, 0.25) is 0 Å². The van der Waals surface area contributed by atoms with E-state index in [1.54, 1.807) is 12.5 Å². The van der Waals surface area contributed by atoms with Crippen molar-refractivity contribution in [1.82, 2.24) is 24.8 Å². The van der Waals surface area contributed by atoms with Crippen LogP contribution in [0, 0.1) is 6.92 Å². The smallest absolute Gasteiger partial charge is 0.146 e. The fourth-order valence-corrected chi connectivity index (χ4v) is 3.64. The second-order valence-corrected chi connectivity index (χ2v) is 7.90. The van der Waals surface area contributed by atoms with E-state index in [1.807, 2.05) is 55.1 Å². The molecule has 1 atom stereocenters. The topological polar surface area (TPSA) is 88.3 Å². The van der Waals surface area contributed by atoms with Crippen LogP contribution in [0.5, 0.6) is 5.75 Å². The zero-order valence-electron chi connectivity index (χ0n) is 17.5. The summed E-state index contributed by atoms with van der Waals surface area (Å²) in [6.45, 7) is 4.97. The Kier molecular flexibility index (Phi) is 5.96. The molecule has 0 spiro atoms. The second kappa shape index (κ2) is 8.81. The van der Waals surface area contributed by atoms with E-state index in [4.69, 9.17) is 4.74 Å². The number of aliphatic hydroxyl groups is 1. The Labute approximate surface area is 176 Å². The predicted octanol–water partition coefficient (Wildman–Crippen LogP) is 1.83. The van der Waals surface area contributed by atoms with E-state index in [9.17, 15) is 5.11 Å². The first-order chi connectivity index (χ1) is 14.5. The molecule has 1 fully saturated rings. The zero-order chi connectivity index (χ0) is 21.0. The van der Waals surface area contributed by atoms with Crippen molar-refractivity contribution in [2.75, 3.05) is 24.5 Å². The number of aromatic nitrogens is 4. The van der Waals surface area contributed by atoms with Crippen molar-refractivity contribution in [2.24, 2.45) is 7.05 Å². The molecule has 8 nitrogen and oxygen atoms in total. The molecule has 0 radical (unpaired) electrons. The molecule has 30 heavy (non-hydrogen) atoms. The molecule has 0 aliphatic carbocycles. The zero-order valence-corrected chi connectivity index (χ0v) is 17.5. The molecular formula is C22H28N6O2. The maximum atomic E-state index is 10.9. The van der Waals surface area contributed by atoms with E-state index in [1.165, 1.54) is 0 Å². The van der Waals surface area contributed by atoms with E-state index in [-0.39, 0.29) is 0 Å². The summed E-state index contributed by atoms with van der Waals surface area (Å²) in [4.78, 5) is 14.8. The molecule has 1 aliphatic rings. The van der Waals surface area contributed by atoms with Crippen molar-refractivity contribution < 1.29 is 9.84 Å². The normalized spacial score (nSPS) is 18.7. The van der Waals surface area contributed by atoms with Crippen LogP contribution in [-0.2, 0) is 20.2 Å². The molecule has 4 rings (SSSR count). The first kappa shape index (κ1) is 20.3. The first-order valence-electron chi connectivity index (χ1n) is 10.2. The van der Waals surface area contributed by atoms with Gasteiger partial charge in [-0.05, 0) is 31.0 Å². The van der Waals surface area contributed by atoms with Crippen molar-refractivity contribution in [2.45, 2.75) is 32.1 Å². The van der Waals surface area contributed by atoms with Crippen molar-refractivity contribution in [1.29, 1.82) is 0 Å². The Balaban J connectivity index is 1.23. The highest BCUT2D eigenvalue weighted by Crippen LogP contribution is 2.25. The highest BCUT2D eigenvalue weighted by molar-refractivity contribution is 5.41. The maximum absolute atomic E-state index is 10.9. The number of β-amino-alcohol motifs (C(OH)–C–C–N with tert-alkyl or cyclic N) is 1. The van der Waals surface area contributed by atoms with Crippen molar-refractivity contribution in [3.05, 3.63) is 66.1 Å². The van der Waals surface area contributed by atoms with Crippen LogP contribution >= 0.6 is 0 Å². The number of rotatable bonds is 8. The molecule has 0 unspecified atom stereocenters. The van der Waals surface area contributed by atoms with Gasteiger partial charge in [0.25, 0.3) is 0 Å². The second-order valence-electron chi connectivity index (χ2n) is 7.90. The van der Waals surface area contributed by atoms with Crippen LogP contribution in [0.3, 0.4) is 0 Å². The Morgan fingerprint density at radius 1 is 1.20 bits per heavy atom. The lowest BCUT2D eigenvalue weighted by Crippen LogP contribution is -2.43. The molecular weight excluding hydrogens is 380 g/mol. The van der Waals surface area contributed by atoms with Crippen molar-refractivity contribution >= 4 is 5.82 Å². The van der Waals surface area contributed by atoms with Gasteiger partial charge >= 0.3 is 0 Å². The standard InChI is InChI=1S/C22H28N6O2/c1-17-11-20(26-16-25-17)28-9-7-22(29,15-28)14-23-12-18-3-5-19(6-4-18)30-13-21-24-8-10-27(21)2/h3-6,8,10-11,16,23,29H,7,9,12-15H2,1-2H3/t22-/m1/s1. The largest absolute Gasteiger partial charge is 0.486 e. The fraction of sp³-hybridized carbons (Fsp3) is 0.409. The Morgan fingerprint density at radius 3 is 2.77 bits per heavy atom. The first-order valence-corrected chi connectivity index (χ1v) is 10.2. The van der Waals surface area contributed by atoms with Crippen molar-refractivity contribution in [3.63, 3.8) is 0 Å². The molecule has 0 saturated carbocycles. The van der Waals surface area contributed by atoms with Gasteiger partial charge in [0.05, 0.1) is 5.60 Å². The summed E-state index contributed by atoms with van der Waals surface area (Å²) in [6.07, 6.45) is 5.95. The third-order valence-electron chi connectivity index (χ3n) is 5.44. The number of nitrogens with one attached hydrogen (secondary N) is 1. The van der Waals surface area contributed by atoms with Gasteiger partial charge in [0.15, 0.2) is 0 Å². The van der Waals surface area contributed by atoms with Crippen LogP contribution in [0.25, 0.3) is 0 Å². The molecule has 8 heteroatoms. The summed E-state index contributed by atoms with van der Waals surface area (Å²) in [5.41, 5.74) is 1.31. The lowest BCUT2D eigenvalue weighted by atomic mass is 10.0. The maximum Gasteiger partial charge on any atom is 0.146 e. The van der Waals surface area contributed by atoms with Crippen LogP contribution in [0.15, 0.2) is 49.1 Å². The number of anilines is 1. The third-order valence-corrected chi connectivity index (χ3v) is 5.44. The SMILES string of the molecule is Cc1cc(N2CC[C@@](O)(CNCc3ccc(OCc4nccn4C)cc3)C2)ncn1. The molecule has 158 valence electrons. The average molecular weight is 409 g/mol. The number of aryl methyl sites for hydroxylation is 2. The van der Waals surface area contributed by atoms with Gasteiger partial charge in [0.2, 0.25) is 0 Å². The minimum absolute atomic E-state index is 0.441. The Hall–Kier alpha value is -2.97. The van der Waals surface area contributed by atoms with Gasteiger partial charge in [-0.2, -0.15) is 0 Å². The summed E-state index contributed by atoms with van der Waals surface area (Å²) in [6, 6.07) is 9.95. The van der Waals surface area contributed by atoms with E-state index in [0.29, 0.717) is 32.7 Å². The summed E-state index contributed by atoms with van der Waals surface area (Å²) < 4.78 is 7.73. The quantitative estimate of drug-likeness (QED) is 0.588. The lowest BCUT2D eigenvalue weighted by molar-refractivity contribution is 0.0626. The number of ether oxygens (including phenoxy) is 1. The van der Waals surface area contributed by atoms with Gasteiger partial charge in [0.1, 0.15) is 30.3 Å². The van der Waals surface area contributed by atoms with E-state index in [0.717, 1.165) is 35.2 Å². The van der Waals surface area contributed by atoms with E-state index < -0.39 is 5.60 Å².